The van der Waals surface area contributed by atoms with Crippen LogP contribution in [0.2, 0.25) is 0 Å². The number of hydrogen-bond acceptors (Lipinski definition) is 3. The molecular formula is C23H23N3O3. The van der Waals surface area contributed by atoms with Crippen molar-refractivity contribution in [2.45, 2.75) is 18.9 Å². The molecule has 148 valence electrons. The van der Waals surface area contributed by atoms with Crippen molar-refractivity contribution in [3.8, 4) is 11.4 Å². The van der Waals surface area contributed by atoms with Crippen molar-refractivity contribution in [3.05, 3.63) is 84.7 Å². The molecule has 3 aromatic rings. The standard InChI is InChI=1S/C23H23N3O3/c27-22(18-8-10-20(11-9-18)25-14-4-5-15-25)26-16-12-19(13-17-26)24-23(28)29-21-6-2-1-3-7-21/h1-11,14-15,19H,12-13,16-17H2,(H,24,28). The molecule has 6 nitrogen and oxygen atoms in total. The summed E-state index contributed by atoms with van der Waals surface area (Å²) in [6.45, 7) is 1.21. The molecule has 1 aliphatic heterocycles. The maximum Gasteiger partial charge on any atom is 0.412 e. The predicted octanol–water partition coefficient (Wildman–Crippen LogP) is 3.87. The van der Waals surface area contributed by atoms with E-state index in [-0.39, 0.29) is 11.9 Å². The molecule has 0 saturated carbocycles. The Labute approximate surface area is 169 Å². The van der Waals surface area contributed by atoms with Crippen molar-refractivity contribution < 1.29 is 14.3 Å². The van der Waals surface area contributed by atoms with Crippen LogP contribution < -0.4 is 10.1 Å². The zero-order chi connectivity index (χ0) is 20.1. The summed E-state index contributed by atoms with van der Waals surface area (Å²) >= 11 is 0. The van der Waals surface area contributed by atoms with Crippen molar-refractivity contribution in [2.75, 3.05) is 13.1 Å². The highest BCUT2D eigenvalue weighted by Crippen LogP contribution is 2.17. The lowest BCUT2D eigenvalue weighted by Gasteiger charge is -2.32. The van der Waals surface area contributed by atoms with Crippen molar-refractivity contribution >= 4 is 12.0 Å². The number of piperidine rings is 1. The van der Waals surface area contributed by atoms with E-state index in [0.29, 0.717) is 37.2 Å². The van der Waals surface area contributed by atoms with Crippen LogP contribution in [0.4, 0.5) is 4.79 Å². The Balaban J connectivity index is 1.28. The number of hydrogen-bond donors (Lipinski definition) is 1. The topological polar surface area (TPSA) is 63.6 Å². The maximum absolute atomic E-state index is 12.8. The van der Waals surface area contributed by atoms with Gasteiger partial charge in [-0.3, -0.25) is 4.79 Å². The van der Waals surface area contributed by atoms with Gasteiger partial charge in [-0.05, 0) is 61.4 Å². The monoisotopic (exact) mass is 389 g/mol. The third-order valence-corrected chi connectivity index (χ3v) is 5.07. The molecule has 4 rings (SSSR count). The number of amides is 2. The first kappa shape index (κ1) is 18.8. The number of rotatable bonds is 4. The fraction of sp³-hybridized carbons (Fsp3) is 0.217. The van der Waals surface area contributed by atoms with E-state index in [4.69, 9.17) is 4.74 Å². The average Bonchev–Trinajstić information content (AvgIpc) is 3.29. The van der Waals surface area contributed by atoms with Crippen LogP contribution >= 0.6 is 0 Å². The van der Waals surface area contributed by atoms with Crippen LogP contribution in [0.1, 0.15) is 23.2 Å². The maximum atomic E-state index is 12.8. The zero-order valence-corrected chi connectivity index (χ0v) is 16.0. The van der Waals surface area contributed by atoms with Gasteiger partial charge in [0, 0.05) is 42.8 Å². The Morgan fingerprint density at radius 2 is 1.52 bits per heavy atom. The second-order valence-corrected chi connectivity index (χ2v) is 7.05. The van der Waals surface area contributed by atoms with Crippen molar-refractivity contribution in [2.24, 2.45) is 0 Å². The van der Waals surface area contributed by atoms with Crippen LogP contribution in [-0.2, 0) is 0 Å². The second-order valence-electron chi connectivity index (χ2n) is 7.05. The minimum atomic E-state index is -0.457. The number of carbonyl (C=O) groups is 2. The van der Waals surface area contributed by atoms with E-state index in [0.717, 1.165) is 5.69 Å². The van der Waals surface area contributed by atoms with Gasteiger partial charge in [0.2, 0.25) is 0 Å². The van der Waals surface area contributed by atoms with Gasteiger partial charge in [-0.2, -0.15) is 0 Å². The average molecular weight is 389 g/mol. The number of aromatic nitrogens is 1. The van der Waals surface area contributed by atoms with E-state index in [1.165, 1.54) is 0 Å². The molecular weight excluding hydrogens is 366 g/mol. The molecule has 1 fully saturated rings. The van der Waals surface area contributed by atoms with Crippen LogP contribution in [-0.4, -0.2) is 40.6 Å². The van der Waals surface area contributed by atoms with Crippen molar-refractivity contribution in [1.29, 1.82) is 0 Å². The summed E-state index contributed by atoms with van der Waals surface area (Å²) in [7, 11) is 0. The number of carbonyl (C=O) groups excluding carboxylic acids is 2. The Morgan fingerprint density at radius 1 is 0.862 bits per heavy atom. The Bertz CT molecular complexity index is 945. The smallest absolute Gasteiger partial charge is 0.410 e. The molecule has 2 amide bonds. The van der Waals surface area contributed by atoms with E-state index >= 15 is 0 Å². The Morgan fingerprint density at radius 3 is 2.17 bits per heavy atom. The summed E-state index contributed by atoms with van der Waals surface area (Å²) in [4.78, 5) is 26.6. The highest BCUT2D eigenvalue weighted by Gasteiger charge is 2.25. The van der Waals surface area contributed by atoms with Gasteiger partial charge in [-0.15, -0.1) is 0 Å². The van der Waals surface area contributed by atoms with Gasteiger partial charge in [-0.25, -0.2) is 4.79 Å². The molecule has 1 aliphatic rings. The van der Waals surface area contributed by atoms with Crippen molar-refractivity contribution in [1.82, 2.24) is 14.8 Å². The van der Waals surface area contributed by atoms with Crippen LogP contribution in [0.15, 0.2) is 79.1 Å². The van der Waals surface area contributed by atoms with E-state index in [2.05, 4.69) is 5.32 Å². The number of ether oxygens (including phenoxy) is 1. The Hall–Kier alpha value is -3.54. The van der Waals surface area contributed by atoms with Gasteiger partial charge < -0.3 is 19.5 Å². The third-order valence-electron chi connectivity index (χ3n) is 5.07. The summed E-state index contributed by atoms with van der Waals surface area (Å²) in [6.07, 6.45) is 4.89. The summed E-state index contributed by atoms with van der Waals surface area (Å²) in [5, 5.41) is 2.89. The molecule has 29 heavy (non-hydrogen) atoms. The number of benzene rings is 2. The van der Waals surface area contributed by atoms with Gasteiger partial charge in [0.15, 0.2) is 0 Å². The lowest BCUT2D eigenvalue weighted by Crippen LogP contribution is -2.47. The van der Waals surface area contributed by atoms with Gasteiger partial charge in [0.25, 0.3) is 5.91 Å². The summed E-state index contributed by atoms with van der Waals surface area (Å²) in [6, 6.07) is 20.5. The minimum absolute atomic E-state index is 0.00591. The normalized spacial score (nSPS) is 14.4. The van der Waals surface area contributed by atoms with Crippen molar-refractivity contribution in [3.63, 3.8) is 0 Å². The zero-order valence-electron chi connectivity index (χ0n) is 16.0. The predicted molar refractivity (Wildman–Crippen MR) is 110 cm³/mol. The summed E-state index contributed by atoms with van der Waals surface area (Å²) in [5.74, 6) is 0.537. The van der Waals surface area contributed by atoms with E-state index in [9.17, 15) is 9.59 Å². The molecule has 0 radical (unpaired) electrons. The lowest BCUT2D eigenvalue weighted by molar-refractivity contribution is 0.0706. The molecule has 0 aliphatic carbocycles. The molecule has 0 spiro atoms. The number of nitrogens with zero attached hydrogens (tertiary/aromatic N) is 2. The number of para-hydroxylation sites is 1. The van der Waals surface area contributed by atoms with Gasteiger partial charge in [0.1, 0.15) is 5.75 Å². The van der Waals surface area contributed by atoms with E-state index in [1.807, 2.05) is 76.5 Å². The first-order chi connectivity index (χ1) is 14.2. The van der Waals surface area contributed by atoms with Crippen LogP contribution in [0.5, 0.6) is 5.75 Å². The van der Waals surface area contributed by atoms with Gasteiger partial charge >= 0.3 is 6.09 Å². The molecule has 0 atom stereocenters. The molecule has 1 saturated heterocycles. The molecule has 6 heteroatoms. The minimum Gasteiger partial charge on any atom is -0.410 e. The number of likely N-dealkylation sites (tertiary alicyclic amines) is 1. The molecule has 1 N–H and O–H groups in total. The fourth-order valence-corrected chi connectivity index (χ4v) is 3.48. The van der Waals surface area contributed by atoms with E-state index < -0.39 is 6.09 Å². The summed E-state index contributed by atoms with van der Waals surface area (Å²) < 4.78 is 7.27. The van der Waals surface area contributed by atoms with Gasteiger partial charge in [0.05, 0.1) is 0 Å². The summed E-state index contributed by atoms with van der Waals surface area (Å²) in [5.41, 5.74) is 1.70. The highest BCUT2D eigenvalue weighted by molar-refractivity contribution is 5.94. The first-order valence-corrected chi connectivity index (χ1v) is 9.75. The quantitative estimate of drug-likeness (QED) is 0.737. The SMILES string of the molecule is O=C(NC1CCN(C(=O)c2ccc(-n3cccc3)cc2)CC1)Oc1ccccc1. The fourth-order valence-electron chi connectivity index (χ4n) is 3.48. The van der Waals surface area contributed by atoms with Gasteiger partial charge in [-0.1, -0.05) is 18.2 Å². The van der Waals surface area contributed by atoms with Crippen LogP contribution in [0, 0.1) is 0 Å². The van der Waals surface area contributed by atoms with Crippen LogP contribution in [0.3, 0.4) is 0 Å². The van der Waals surface area contributed by atoms with E-state index in [1.54, 1.807) is 12.1 Å². The molecule has 2 aromatic carbocycles. The third kappa shape index (κ3) is 4.66. The number of nitrogens with one attached hydrogen (secondary N) is 1. The Kier molecular flexibility index (Phi) is 5.61. The molecule has 2 heterocycles. The lowest BCUT2D eigenvalue weighted by atomic mass is 10.0. The largest absolute Gasteiger partial charge is 0.412 e. The molecule has 0 unspecified atom stereocenters. The molecule has 0 bridgehead atoms. The first-order valence-electron chi connectivity index (χ1n) is 9.75. The van der Waals surface area contributed by atoms with Crippen LogP contribution in [0.25, 0.3) is 5.69 Å². The highest BCUT2D eigenvalue weighted by atomic mass is 16.6. The molecule has 1 aromatic heterocycles. The second kappa shape index (κ2) is 8.65.